The van der Waals surface area contributed by atoms with Crippen molar-refractivity contribution in [2.24, 2.45) is 0 Å². The molecule has 3 rings (SSSR count). The third kappa shape index (κ3) is 4.36. The fourth-order valence-electron chi connectivity index (χ4n) is 2.30. The van der Waals surface area contributed by atoms with Gasteiger partial charge in [0.1, 0.15) is 17.2 Å². The number of aromatic nitrogens is 2. The maximum atomic E-state index is 12.2. The van der Waals surface area contributed by atoms with Crippen LogP contribution in [-0.4, -0.2) is 21.0 Å². The lowest BCUT2D eigenvalue weighted by molar-refractivity contribution is -0.384. The van der Waals surface area contributed by atoms with Crippen LogP contribution in [0.5, 0.6) is 11.5 Å². The maximum absolute atomic E-state index is 12.2. The van der Waals surface area contributed by atoms with E-state index in [2.05, 4.69) is 15.5 Å². The normalized spacial score (nSPS) is 10.5. The predicted octanol–water partition coefficient (Wildman–Crippen LogP) is 4.98. The van der Waals surface area contributed by atoms with Gasteiger partial charge in [-0.25, -0.2) is 0 Å². The van der Waals surface area contributed by atoms with Gasteiger partial charge in [-0.3, -0.25) is 20.0 Å². The van der Waals surface area contributed by atoms with Crippen LogP contribution in [0.4, 0.5) is 11.4 Å². The molecule has 2 N–H and O–H groups in total. The summed E-state index contributed by atoms with van der Waals surface area (Å²) in [6.45, 7) is 1.79. The summed E-state index contributed by atoms with van der Waals surface area (Å²) in [6, 6.07) is 8.93. The summed E-state index contributed by atoms with van der Waals surface area (Å²) in [5, 5.41) is 20.5. The Morgan fingerprint density at radius 1 is 1.26 bits per heavy atom. The third-order valence-electron chi connectivity index (χ3n) is 3.54. The molecule has 3 aromatic rings. The number of aromatic amines is 1. The number of hydrogen-bond acceptors (Lipinski definition) is 5. The van der Waals surface area contributed by atoms with Gasteiger partial charge in [-0.2, -0.15) is 5.10 Å². The molecule has 0 aliphatic carbocycles. The molecule has 0 radical (unpaired) electrons. The first-order chi connectivity index (χ1) is 12.8. The van der Waals surface area contributed by atoms with Gasteiger partial charge in [-0.1, -0.05) is 23.2 Å². The quantitative estimate of drug-likeness (QED) is 0.458. The second kappa shape index (κ2) is 7.65. The number of nitrogens with one attached hydrogen (secondary N) is 2. The van der Waals surface area contributed by atoms with Crippen LogP contribution >= 0.6 is 23.2 Å². The van der Waals surface area contributed by atoms with Crippen molar-refractivity contribution in [2.75, 3.05) is 5.32 Å². The number of carbonyl (C=O) groups is 1. The number of anilines is 1. The van der Waals surface area contributed by atoms with E-state index in [0.29, 0.717) is 10.8 Å². The molecule has 0 atom stereocenters. The Kier molecular flexibility index (Phi) is 5.29. The largest absolute Gasteiger partial charge is 0.457 e. The molecular formula is C17H12Cl2N4O4. The monoisotopic (exact) mass is 406 g/mol. The maximum Gasteiger partial charge on any atom is 0.275 e. The van der Waals surface area contributed by atoms with Crippen LogP contribution in [0.3, 0.4) is 0 Å². The van der Waals surface area contributed by atoms with Crippen LogP contribution in [0.25, 0.3) is 0 Å². The highest BCUT2D eigenvalue weighted by Gasteiger charge is 2.17. The summed E-state index contributed by atoms with van der Waals surface area (Å²) in [5.41, 5.74) is 0.717. The highest BCUT2D eigenvalue weighted by molar-refractivity contribution is 6.34. The van der Waals surface area contributed by atoms with E-state index in [1.54, 1.807) is 25.1 Å². The Morgan fingerprint density at radius 3 is 2.67 bits per heavy atom. The van der Waals surface area contributed by atoms with Crippen molar-refractivity contribution in [1.82, 2.24) is 10.2 Å². The number of aryl methyl sites for hydroxylation is 1. The average Bonchev–Trinajstić information content (AvgIpc) is 3.03. The number of ether oxygens (including phenoxy) is 1. The molecule has 10 heteroatoms. The number of hydrogen-bond donors (Lipinski definition) is 2. The summed E-state index contributed by atoms with van der Waals surface area (Å²) in [7, 11) is 0. The van der Waals surface area contributed by atoms with Crippen molar-refractivity contribution >= 4 is 40.5 Å². The van der Waals surface area contributed by atoms with Crippen LogP contribution in [0.15, 0.2) is 42.6 Å². The van der Waals surface area contributed by atoms with Crippen LogP contribution in [0, 0.1) is 17.0 Å². The fraction of sp³-hybridized carbons (Fsp3) is 0.0588. The molecule has 0 fully saturated rings. The summed E-state index contributed by atoms with van der Waals surface area (Å²) in [6.07, 6.45) is 1.28. The Balaban J connectivity index is 1.92. The number of non-ortho nitro benzene ring substituents is 1. The number of halogens is 2. The minimum absolute atomic E-state index is 0.0409. The Hall–Kier alpha value is -3.10. The van der Waals surface area contributed by atoms with E-state index in [1.165, 1.54) is 24.4 Å². The molecule has 0 unspecified atom stereocenters. The van der Waals surface area contributed by atoms with Crippen molar-refractivity contribution in [3.05, 3.63) is 74.0 Å². The molecule has 8 nitrogen and oxygen atoms in total. The minimum atomic E-state index is -0.591. The number of nitro benzene ring substituents is 1. The molecule has 0 spiro atoms. The predicted molar refractivity (Wildman–Crippen MR) is 101 cm³/mol. The zero-order chi connectivity index (χ0) is 19.6. The summed E-state index contributed by atoms with van der Waals surface area (Å²) in [4.78, 5) is 22.9. The minimum Gasteiger partial charge on any atom is -0.457 e. The van der Waals surface area contributed by atoms with Gasteiger partial charge in [0, 0.05) is 17.2 Å². The van der Waals surface area contributed by atoms with Gasteiger partial charge in [0.05, 0.1) is 27.9 Å². The molecular weight excluding hydrogens is 395 g/mol. The number of H-pyrrole nitrogens is 1. The van der Waals surface area contributed by atoms with Crippen LogP contribution in [-0.2, 0) is 0 Å². The zero-order valence-corrected chi connectivity index (χ0v) is 15.3. The standard InChI is InChI=1S/C17H12Cl2N4O4/c1-9-4-10(18)2-3-15(9)27-13-6-11(5-12(7-13)23(25)26)21-17(24)16-14(19)8-20-22-16/h2-8H,1H3,(H,20,22)(H,21,24). The highest BCUT2D eigenvalue weighted by Crippen LogP contribution is 2.32. The Bertz CT molecular complexity index is 1040. The van der Waals surface area contributed by atoms with E-state index in [9.17, 15) is 14.9 Å². The molecule has 0 bridgehead atoms. The first kappa shape index (κ1) is 18.7. The lowest BCUT2D eigenvalue weighted by Crippen LogP contribution is -2.13. The smallest absolute Gasteiger partial charge is 0.275 e. The number of benzene rings is 2. The van der Waals surface area contributed by atoms with Crippen LogP contribution in [0.1, 0.15) is 16.1 Å². The molecule has 1 heterocycles. The van der Waals surface area contributed by atoms with Crippen LogP contribution < -0.4 is 10.1 Å². The summed E-state index contributed by atoms with van der Waals surface area (Å²) < 4.78 is 5.73. The lowest BCUT2D eigenvalue weighted by atomic mass is 10.2. The topological polar surface area (TPSA) is 110 Å². The number of rotatable bonds is 5. The molecule has 0 aliphatic rings. The van der Waals surface area contributed by atoms with E-state index in [4.69, 9.17) is 27.9 Å². The SMILES string of the molecule is Cc1cc(Cl)ccc1Oc1cc(NC(=O)c2[nH]ncc2Cl)cc([N+](=O)[O-])c1. The Labute approximate surface area is 163 Å². The Morgan fingerprint density at radius 2 is 2.04 bits per heavy atom. The van der Waals surface area contributed by atoms with E-state index >= 15 is 0 Å². The van der Waals surface area contributed by atoms with Gasteiger partial charge >= 0.3 is 0 Å². The first-order valence-electron chi connectivity index (χ1n) is 7.57. The molecule has 0 saturated heterocycles. The lowest BCUT2D eigenvalue weighted by Gasteiger charge is -2.11. The number of nitro groups is 1. The summed E-state index contributed by atoms with van der Waals surface area (Å²) in [5.74, 6) is 0.0704. The van der Waals surface area contributed by atoms with Gasteiger partial charge in [0.2, 0.25) is 0 Å². The number of amides is 1. The van der Waals surface area contributed by atoms with Crippen molar-refractivity contribution in [2.45, 2.75) is 6.92 Å². The van der Waals surface area contributed by atoms with Crippen LogP contribution in [0.2, 0.25) is 10.0 Å². The van der Waals surface area contributed by atoms with Crippen molar-refractivity contribution in [1.29, 1.82) is 0 Å². The van der Waals surface area contributed by atoms with E-state index in [-0.39, 0.29) is 27.8 Å². The molecule has 1 amide bonds. The van der Waals surface area contributed by atoms with Gasteiger partial charge in [0.25, 0.3) is 11.6 Å². The van der Waals surface area contributed by atoms with Gasteiger partial charge in [0.15, 0.2) is 0 Å². The van der Waals surface area contributed by atoms with E-state index in [0.717, 1.165) is 5.56 Å². The number of nitrogens with zero attached hydrogens (tertiary/aromatic N) is 2. The average molecular weight is 407 g/mol. The van der Waals surface area contributed by atoms with Gasteiger partial charge in [-0.05, 0) is 30.7 Å². The molecule has 0 saturated carbocycles. The highest BCUT2D eigenvalue weighted by atomic mass is 35.5. The van der Waals surface area contributed by atoms with Gasteiger partial charge in [-0.15, -0.1) is 0 Å². The third-order valence-corrected chi connectivity index (χ3v) is 4.07. The molecule has 2 aromatic carbocycles. The van der Waals surface area contributed by atoms with Crippen molar-refractivity contribution in [3.63, 3.8) is 0 Å². The van der Waals surface area contributed by atoms with E-state index in [1.807, 2.05) is 0 Å². The molecule has 138 valence electrons. The first-order valence-corrected chi connectivity index (χ1v) is 8.33. The van der Waals surface area contributed by atoms with Crippen molar-refractivity contribution < 1.29 is 14.5 Å². The number of carbonyl (C=O) groups excluding carboxylic acids is 1. The zero-order valence-electron chi connectivity index (χ0n) is 13.8. The molecule has 0 aliphatic heterocycles. The second-order valence-electron chi connectivity index (χ2n) is 5.53. The molecule has 1 aromatic heterocycles. The second-order valence-corrected chi connectivity index (χ2v) is 6.38. The van der Waals surface area contributed by atoms with Crippen molar-refractivity contribution in [3.8, 4) is 11.5 Å². The molecule has 27 heavy (non-hydrogen) atoms. The van der Waals surface area contributed by atoms with Gasteiger partial charge < -0.3 is 10.1 Å². The van der Waals surface area contributed by atoms with E-state index < -0.39 is 10.8 Å². The fourth-order valence-corrected chi connectivity index (χ4v) is 2.70. The summed E-state index contributed by atoms with van der Waals surface area (Å²) >= 11 is 11.8.